The molecule has 2 N–H and O–H groups in total. The Labute approximate surface area is 178 Å². The number of benzene rings is 2. The molecule has 3 rings (SSSR count). The second kappa shape index (κ2) is 9.40. The number of hydrogen-bond donors (Lipinski definition) is 2. The minimum atomic E-state index is -3.85. The maximum Gasteiger partial charge on any atom is 0.387 e. The minimum absolute atomic E-state index is 0.0189. The van der Waals surface area contributed by atoms with E-state index in [-0.39, 0.29) is 41.7 Å². The van der Waals surface area contributed by atoms with E-state index in [0.29, 0.717) is 5.56 Å². The fourth-order valence-corrected chi connectivity index (χ4v) is 4.47. The molecule has 31 heavy (non-hydrogen) atoms. The van der Waals surface area contributed by atoms with Gasteiger partial charge in [0.1, 0.15) is 5.75 Å². The summed E-state index contributed by atoms with van der Waals surface area (Å²) in [5, 5.41) is 5.29. The Bertz CT molecular complexity index is 1060. The molecule has 1 heterocycles. The van der Waals surface area contributed by atoms with E-state index in [1.165, 1.54) is 42.5 Å². The first-order chi connectivity index (χ1) is 14.7. The van der Waals surface area contributed by atoms with Crippen LogP contribution in [0.15, 0.2) is 53.4 Å². The lowest BCUT2D eigenvalue weighted by atomic mass is 10.1. The lowest BCUT2D eigenvalue weighted by Crippen LogP contribution is -2.49. The van der Waals surface area contributed by atoms with Crippen molar-refractivity contribution < 1.29 is 31.5 Å². The van der Waals surface area contributed by atoms with Gasteiger partial charge in [0.25, 0.3) is 5.91 Å². The van der Waals surface area contributed by atoms with Crippen LogP contribution in [0, 0.1) is 0 Å². The summed E-state index contributed by atoms with van der Waals surface area (Å²) < 4.78 is 55.5. The van der Waals surface area contributed by atoms with Crippen molar-refractivity contribution in [2.75, 3.05) is 19.6 Å². The molecule has 1 unspecified atom stereocenters. The SMILES string of the molecule is CC(NC(=O)c1ccc(S(=O)(=O)N2CCNC(=O)C2)cc1)c1cccc(OC(F)F)c1. The van der Waals surface area contributed by atoms with Crippen LogP contribution in [0.5, 0.6) is 5.75 Å². The number of piperazine rings is 1. The second-order valence-corrected chi connectivity index (χ2v) is 8.80. The monoisotopic (exact) mass is 453 g/mol. The molecular formula is C20H21F2N3O5S. The molecule has 2 amide bonds. The average Bonchev–Trinajstić information content (AvgIpc) is 2.73. The lowest BCUT2D eigenvalue weighted by molar-refractivity contribution is -0.122. The topological polar surface area (TPSA) is 105 Å². The van der Waals surface area contributed by atoms with E-state index in [9.17, 15) is 26.8 Å². The Morgan fingerprint density at radius 3 is 2.55 bits per heavy atom. The summed E-state index contributed by atoms with van der Waals surface area (Å²) in [7, 11) is -3.85. The smallest absolute Gasteiger partial charge is 0.387 e. The molecule has 8 nitrogen and oxygen atoms in total. The zero-order valence-electron chi connectivity index (χ0n) is 16.5. The summed E-state index contributed by atoms with van der Waals surface area (Å²) in [5.74, 6) is -0.855. The summed E-state index contributed by atoms with van der Waals surface area (Å²) in [6.07, 6.45) is 0. The van der Waals surface area contributed by atoms with Gasteiger partial charge in [0.15, 0.2) is 0 Å². The van der Waals surface area contributed by atoms with Crippen molar-refractivity contribution in [3.8, 4) is 5.75 Å². The van der Waals surface area contributed by atoms with Gasteiger partial charge in [-0.05, 0) is 48.9 Å². The molecule has 1 saturated heterocycles. The highest BCUT2D eigenvalue weighted by atomic mass is 32.2. The number of alkyl halides is 2. The normalized spacial score (nSPS) is 15.9. The molecule has 0 spiro atoms. The standard InChI is InChI=1S/C20H21F2N3O5S/c1-13(15-3-2-4-16(11-15)30-20(21)22)24-19(27)14-5-7-17(8-6-14)31(28,29)25-10-9-23-18(26)12-25/h2-8,11,13,20H,9-10,12H2,1H3,(H,23,26)(H,24,27). The van der Waals surface area contributed by atoms with Gasteiger partial charge in [0.2, 0.25) is 15.9 Å². The summed E-state index contributed by atoms with van der Waals surface area (Å²) >= 11 is 0. The van der Waals surface area contributed by atoms with Gasteiger partial charge in [0, 0.05) is 18.7 Å². The van der Waals surface area contributed by atoms with Crippen molar-refractivity contribution in [2.45, 2.75) is 24.5 Å². The number of rotatable bonds is 7. The molecule has 1 fully saturated rings. The number of hydrogen-bond acceptors (Lipinski definition) is 5. The molecule has 166 valence electrons. The average molecular weight is 453 g/mol. The van der Waals surface area contributed by atoms with Crippen molar-refractivity contribution in [3.05, 3.63) is 59.7 Å². The predicted molar refractivity (Wildman–Crippen MR) is 107 cm³/mol. The highest BCUT2D eigenvalue weighted by molar-refractivity contribution is 7.89. The summed E-state index contributed by atoms with van der Waals surface area (Å²) in [4.78, 5) is 24.0. The molecule has 0 aromatic heterocycles. The van der Waals surface area contributed by atoms with Crippen LogP contribution in [0.1, 0.15) is 28.9 Å². The molecular weight excluding hydrogens is 432 g/mol. The highest BCUT2D eigenvalue weighted by Crippen LogP contribution is 2.22. The number of nitrogens with one attached hydrogen (secondary N) is 2. The van der Waals surface area contributed by atoms with Crippen molar-refractivity contribution in [3.63, 3.8) is 0 Å². The van der Waals surface area contributed by atoms with Crippen molar-refractivity contribution in [2.24, 2.45) is 0 Å². The number of nitrogens with zero attached hydrogens (tertiary/aromatic N) is 1. The van der Waals surface area contributed by atoms with Crippen LogP contribution in [0.25, 0.3) is 0 Å². The van der Waals surface area contributed by atoms with Gasteiger partial charge in [-0.15, -0.1) is 0 Å². The Balaban J connectivity index is 1.68. The van der Waals surface area contributed by atoms with E-state index >= 15 is 0 Å². The molecule has 1 atom stereocenters. The van der Waals surface area contributed by atoms with Crippen LogP contribution < -0.4 is 15.4 Å². The van der Waals surface area contributed by atoms with Crippen LogP contribution in [0.4, 0.5) is 8.78 Å². The molecule has 0 saturated carbocycles. The number of carbonyl (C=O) groups excluding carboxylic acids is 2. The summed E-state index contributed by atoms with van der Waals surface area (Å²) in [6.45, 7) is -1.12. The minimum Gasteiger partial charge on any atom is -0.435 e. The van der Waals surface area contributed by atoms with E-state index in [0.717, 1.165) is 4.31 Å². The number of amides is 2. The maximum atomic E-state index is 12.7. The molecule has 2 aromatic rings. The maximum absolute atomic E-state index is 12.7. The van der Waals surface area contributed by atoms with Crippen molar-refractivity contribution in [1.29, 1.82) is 0 Å². The van der Waals surface area contributed by atoms with Gasteiger partial charge in [-0.2, -0.15) is 13.1 Å². The van der Waals surface area contributed by atoms with Gasteiger partial charge in [0.05, 0.1) is 17.5 Å². The molecule has 0 bridgehead atoms. The highest BCUT2D eigenvalue weighted by Gasteiger charge is 2.29. The van der Waals surface area contributed by atoms with Gasteiger partial charge in [-0.1, -0.05) is 12.1 Å². The second-order valence-electron chi connectivity index (χ2n) is 6.86. The zero-order valence-corrected chi connectivity index (χ0v) is 17.4. The first kappa shape index (κ1) is 22.6. The lowest BCUT2D eigenvalue weighted by Gasteiger charge is -2.25. The predicted octanol–water partition coefficient (Wildman–Crippen LogP) is 1.90. The van der Waals surface area contributed by atoms with E-state index in [2.05, 4.69) is 15.4 Å². The Morgan fingerprint density at radius 1 is 1.19 bits per heavy atom. The zero-order chi connectivity index (χ0) is 22.6. The van der Waals surface area contributed by atoms with Crippen LogP contribution in [-0.2, 0) is 14.8 Å². The van der Waals surface area contributed by atoms with Gasteiger partial charge in [-0.3, -0.25) is 9.59 Å². The summed E-state index contributed by atoms with van der Waals surface area (Å²) in [5.41, 5.74) is 0.788. The van der Waals surface area contributed by atoms with Crippen molar-refractivity contribution in [1.82, 2.24) is 14.9 Å². The van der Waals surface area contributed by atoms with E-state index in [1.807, 2.05) is 0 Å². The van der Waals surface area contributed by atoms with Crippen LogP contribution in [-0.4, -0.2) is 50.8 Å². The Morgan fingerprint density at radius 2 is 1.90 bits per heavy atom. The Kier molecular flexibility index (Phi) is 6.86. The van der Waals surface area contributed by atoms with E-state index < -0.39 is 28.6 Å². The van der Waals surface area contributed by atoms with E-state index in [1.54, 1.807) is 13.0 Å². The van der Waals surface area contributed by atoms with Crippen LogP contribution in [0.3, 0.4) is 0 Å². The fourth-order valence-electron chi connectivity index (χ4n) is 3.07. The van der Waals surface area contributed by atoms with E-state index in [4.69, 9.17) is 0 Å². The fraction of sp³-hybridized carbons (Fsp3) is 0.300. The number of carbonyl (C=O) groups is 2. The van der Waals surface area contributed by atoms with Gasteiger partial charge >= 0.3 is 6.61 Å². The van der Waals surface area contributed by atoms with Crippen molar-refractivity contribution >= 4 is 21.8 Å². The van der Waals surface area contributed by atoms with Crippen LogP contribution >= 0.6 is 0 Å². The third-order valence-electron chi connectivity index (χ3n) is 4.69. The molecule has 0 radical (unpaired) electrons. The molecule has 0 aliphatic carbocycles. The van der Waals surface area contributed by atoms with Gasteiger partial charge < -0.3 is 15.4 Å². The molecule has 2 aromatic carbocycles. The molecule has 1 aliphatic rings. The third kappa shape index (κ3) is 5.56. The van der Waals surface area contributed by atoms with Gasteiger partial charge in [-0.25, -0.2) is 8.42 Å². The molecule has 11 heteroatoms. The largest absolute Gasteiger partial charge is 0.435 e. The quantitative estimate of drug-likeness (QED) is 0.666. The first-order valence-electron chi connectivity index (χ1n) is 9.39. The first-order valence-corrected chi connectivity index (χ1v) is 10.8. The Hall–Kier alpha value is -3.05. The van der Waals surface area contributed by atoms with Crippen LogP contribution in [0.2, 0.25) is 0 Å². The number of sulfonamides is 1. The summed E-state index contributed by atoms with van der Waals surface area (Å²) in [6, 6.07) is 10.8. The number of ether oxygens (including phenoxy) is 1. The third-order valence-corrected chi connectivity index (χ3v) is 6.55. The number of halogens is 2. The molecule has 1 aliphatic heterocycles.